The Morgan fingerprint density at radius 2 is 1.21 bits per heavy atom. The van der Waals surface area contributed by atoms with Gasteiger partial charge in [0.1, 0.15) is 0 Å². The molecule has 0 aromatic heterocycles. The minimum atomic E-state index is 1.02. The predicted octanol–water partition coefficient (Wildman–Crippen LogP) is 9.87. The summed E-state index contributed by atoms with van der Waals surface area (Å²) in [5.41, 5.74) is 5.47. The number of benzene rings is 2. The van der Waals surface area contributed by atoms with E-state index in [1.54, 1.807) is 0 Å². The molecule has 0 radical (unpaired) electrons. The second kappa shape index (κ2) is 23.9. The molecule has 0 heterocycles. The van der Waals surface area contributed by atoms with Gasteiger partial charge in [-0.25, -0.2) is 0 Å². The molecule has 2 heteroatoms. The zero-order valence-corrected chi connectivity index (χ0v) is 22.6. The monoisotopic (exact) mass is 495 g/mol. The Morgan fingerprint density at radius 3 is 1.70 bits per heavy atom. The third-order valence-electron chi connectivity index (χ3n) is 6.04. The zero-order valence-electron chi connectivity index (χ0n) is 21.6. The third-order valence-corrected chi connectivity index (χ3v) is 6.04. The first-order valence-electron chi connectivity index (χ1n) is 13.1. The fourth-order valence-electron chi connectivity index (χ4n) is 3.94. The first-order chi connectivity index (χ1) is 16.2. The fraction of sp³-hybridized carbons (Fsp3) is 0.581. The van der Waals surface area contributed by atoms with E-state index in [0.717, 1.165) is 12.8 Å². The molecule has 0 unspecified atom stereocenters. The van der Waals surface area contributed by atoms with Crippen molar-refractivity contribution in [3.63, 3.8) is 0 Å². The Hall–Kier alpha value is -1.25. The molecule has 0 N–H and O–H groups in total. The van der Waals surface area contributed by atoms with Crippen LogP contribution in [0.2, 0.25) is 0 Å². The van der Waals surface area contributed by atoms with E-state index in [1.165, 1.54) is 106 Å². The maximum atomic E-state index is 7.94. The quantitative estimate of drug-likeness (QED) is 0.177. The van der Waals surface area contributed by atoms with Crippen LogP contribution >= 0.6 is 0 Å². The number of hydrogen-bond acceptors (Lipinski definition) is 1. The van der Waals surface area contributed by atoms with Gasteiger partial charge < -0.3 is 6.92 Å². The molecule has 0 atom stereocenters. The van der Waals surface area contributed by atoms with Crippen molar-refractivity contribution < 1.29 is 19.5 Å². The van der Waals surface area contributed by atoms with Gasteiger partial charge in [0.05, 0.1) is 0 Å². The van der Waals surface area contributed by atoms with Gasteiger partial charge in [0.15, 0.2) is 0 Å². The zero-order chi connectivity index (χ0) is 24.6. The molecule has 2 aromatic rings. The Kier molecular flexibility index (Phi) is 23.0. The normalized spacial score (nSPS) is 10.1. The van der Waals surface area contributed by atoms with Gasteiger partial charge in [-0.3, -0.25) is 0 Å². The standard InChI is InChI=1S/C16H33.C15H15.Co.O/c1-3-5-7-9-11-13-15-16-14-12-10-8-6-4-2;1-12-8-9-13(2)15(10-12)11-14-6-4-3-5-7-14;;/h1,3-16H2,2H3;4-10H,11H2,1-2H3;;/q2*-1;;. The summed E-state index contributed by atoms with van der Waals surface area (Å²) in [5, 5.41) is 0. The molecular formula is C31H48CoO-2. The second-order valence-corrected chi connectivity index (χ2v) is 9.11. The van der Waals surface area contributed by atoms with Gasteiger partial charge in [-0.15, -0.1) is 0 Å². The molecule has 0 spiro atoms. The molecule has 0 fully saturated rings. The van der Waals surface area contributed by atoms with E-state index in [2.05, 4.69) is 79.8 Å². The van der Waals surface area contributed by atoms with E-state index < -0.39 is 0 Å². The van der Waals surface area contributed by atoms with E-state index in [-0.39, 0.29) is 0 Å². The van der Waals surface area contributed by atoms with Gasteiger partial charge in [0.2, 0.25) is 0 Å². The Balaban J connectivity index is 0.000000577. The molecule has 0 aliphatic rings. The van der Waals surface area contributed by atoms with Crippen LogP contribution in [0.5, 0.6) is 0 Å². The molecule has 2 aromatic carbocycles. The topological polar surface area (TPSA) is 17.1 Å². The molecule has 189 valence electrons. The minimum absolute atomic E-state index is 1.02. The maximum absolute atomic E-state index is 7.94. The summed E-state index contributed by atoms with van der Waals surface area (Å²) in [4.78, 5) is 0. The molecule has 0 saturated carbocycles. The van der Waals surface area contributed by atoms with Crippen LogP contribution in [0.25, 0.3) is 0 Å². The van der Waals surface area contributed by atoms with Crippen molar-refractivity contribution in [2.45, 2.75) is 117 Å². The third kappa shape index (κ3) is 18.8. The van der Waals surface area contributed by atoms with Crippen LogP contribution in [0, 0.1) is 26.8 Å². The molecule has 0 aliphatic carbocycles. The fourth-order valence-corrected chi connectivity index (χ4v) is 3.94. The summed E-state index contributed by atoms with van der Waals surface area (Å²) in [6.07, 6.45) is 20.9. The molecular weight excluding hydrogens is 447 g/mol. The van der Waals surface area contributed by atoms with Crippen LogP contribution in [-0.4, -0.2) is 0 Å². The van der Waals surface area contributed by atoms with Gasteiger partial charge in [-0.2, -0.15) is 42.3 Å². The van der Waals surface area contributed by atoms with Crippen molar-refractivity contribution in [3.8, 4) is 0 Å². The molecule has 0 amide bonds. The average Bonchev–Trinajstić information content (AvgIpc) is 2.84. The molecule has 0 saturated heterocycles. The SMILES string of the molecule is Cc1ccc(C)c(Cc2cc[c-]cc2)c1.[CH2-]CCCCCCCCCCCCCCC.[O]=[Co]. The van der Waals surface area contributed by atoms with Gasteiger partial charge in [0.25, 0.3) is 0 Å². The number of unbranched alkanes of at least 4 members (excludes halogenated alkanes) is 13. The van der Waals surface area contributed by atoms with Gasteiger partial charge in [-0.1, -0.05) is 114 Å². The van der Waals surface area contributed by atoms with Crippen molar-refractivity contribution >= 4 is 0 Å². The summed E-state index contributed by atoms with van der Waals surface area (Å²) >= 11 is 2.31. The van der Waals surface area contributed by atoms with Crippen LogP contribution in [-0.2, 0) is 26.0 Å². The van der Waals surface area contributed by atoms with E-state index >= 15 is 0 Å². The summed E-state index contributed by atoms with van der Waals surface area (Å²) < 4.78 is 7.94. The first-order valence-corrected chi connectivity index (χ1v) is 13.5. The van der Waals surface area contributed by atoms with E-state index in [4.69, 9.17) is 3.87 Å². The number of rotatable bonds is 15. The van der Waals surface area contributed by atoms with Gasteiger partial charge >= 0.3 is 19.5 Å². The van der Waals surface area contributed by atoms with Crippen LogP contribution in [0.4, 0.5) is 0 Å². The predicted molar refractivity (Wildman–Crippen MR) is 140 cm³/mol. The van der Waals surface area contributed by atoms with Crippen LogP contribution in [0.3, 0.4) is 0 Å². The van der Waals surface area contributed by atoms with Crippen LogP contribution in [0.1, 0.15) is 119 Å². The average molecular weight is 496 g/mol. The first kappa shape index (κ1) is 31.7. The van der Waals surface area contributed by atoms with Crippen LogP contribution in [0.15, 0.2) is 42.5 Å². The Morgan fingerprint density at radius 1 is 0.727 bits per heavy atom. The molecule has 2 rings (SSSR count). The Bertz CT molecular complexity index is 654. The Labute approximate surface area is 214 Å². The van der Waals surface area contributed by atoms with E-state index in [9.17, 15) is 0 Å². The summed E-state index contributed by atoms with van der Waals surface area (Å²) in [7, 11) is 0. The number of hydrogen-bond donors (Lipinski definition) is 0. The summed E-state index contributed by atoms with van der Waals surface area (Å²) in [6, 6.07) is 17.9. The molecule has 1 nitrogen and oxygen atoms in total. The van der Waals surface area contributed by atoms with Crippen LogP contribution < -0.4 is 0 Å². The van der Waals surface area contributed by atoms with Gasteiger partial charge in [-0.05, 0) is 31.4 Å². The molecule has 33 heavy (non-hydrogen) atoms. The van der Waals surface area contributed by atoms with Crippen molar-refractivity contribution in [1.82, 2.24) is 0 Å². The van der Waals surface area contributed by atoms with E-state index in [1.807, 2.05) is 12.1 Å². The van der Waals surface area contributed by atoms with Crippen molar-refractivity contribution in [3.05, 3.63) is 77.7 Å². The number of aryl methyl sites for hydroxylation is 2. The molecule has 0 aliphatic heterocycles. The summed E-state index contributed by atoms with van der Waals surface area (Å²) in [6.45, 7) is 10.5. The molecule has 0 bridgehead atoms. The van der Waals surface area contributed by atoms with E-state index in [0.29, 0.717) is 0 Å². The van der Waals surface area contributed by atoms with Crippen molar-refractivity contribution in [2.75, 3.05) is 0 Å². The van der Waals surface area contributed by atoms with Crippen molar-refractivity contribution in [2.24, 2.45) is 0 Å². The van der Waals surface area contributed by atoms with Gasteiger partial charge in [0, 0.05) is 0 Å². The summed E-state index contributed by atoms with van der Waals surface area (Å²) in [5.74, 6) is 0. The van der Waals surface area contributed by atoms with Crippen molar-refractivity contribution in [1.29, 1.82) is 0 Å². The second-order valence-electron chi connectivity index (χ2n) is 9.11.